The minimum absolute atomic E-state index is 0.0339. The molecule has 0 unspecified atom stereocenters. The van der Waals surface area contributed by atoms with Gasteiger partial charge in [-0.15, -0.1) is 0 Å². The Hall–Kier alpha value is -1.72. The first-order valence-electron chi connectivity index (χ1n) is 9.40. The van der Waals surface area contributed by atoms with Crippen LogP contribution in [0.5, 0.6) is 0 Å². The molecule has 0 aromatic heterocycles. The number of hydrogen-bond donors (Lipinski definition) is 2. The van der Waals surface area contributed by atoms with Crippen molar-refractivity contribution in [2.75, 3.05) is 53.5 Å². The maximum Gasteiger partial charge on any atom is 0.0558 e. The number of nitrogens with zero attached hydrogens (tertiary/aromatic N) is 2. The van der Waals surface area contributed by atoms with Crippen LogP contribution in [0, 0.1) is 0 Å². The van der Waals surface area contributed by atoms with Crippen molar-refractivity contribution in [1.29, 1.82) is 0 Å². The van der Waals surface area contributed by atoms with Gasteiger partial charge in [-0.2, -0.15) is 0 Å². The molecule has 2 aliphatic rings. The van der Waals surface area contributed by atoms with Gasteiger partial charge in [0, 0.05) is 37.0 Å². The minimum atomic E-state index is -0.0339. The summed E-state index contributed by atoms with van der Waals surface area (Å²) in [6.45, 7) is 3.49. The van der Waals surface area contributed by atoms with Gasteiger partial charge in [0.2, 0.25) is 0 Å². The number of fused-ring (bicyclic) bond motifs is 7. The van der Waals surface area contributed by atoms with Gasteiger partial charge in [0.05, 0.1) is 13.2 Å². The zero-order valence-corrected chi connectivity index (χ0v) is 15.7. The summed E-state index contributed by atoms with van der Waals surface area (Å²) in [4.78, 5) is 4.49. The first kappa shape index (κ1) is 17.7. The second-order valence-corrected chi connectivity index (χ2v) is 7.82. The summed E-state index contributed by atoms with van der Waals surface area (Å²) in [6.07, 6.45) is 0. The fourth-order valence-corrected chi connectivity index (χ4v) is 5.46. The molecule has 0 bridgehead atoms. The van der Waals surface area contributed by atoms with Gasteiger partial charge in [0.1, 0.15) is 0 Å². The molecule has 4 nitrogen and oxygen atoms in total. The Bertz CT molecular complexity index is 691. The van der Waals surface area contributed by atoms with E-state index in [0.29, 0.717) is 13.1 Å². The van der Waals surface area contributed by atoms with Crippen LogP contribution < -0.4 is 0 Å². The summed E-state index contributed by atoms with van der Waals surface area (Å²) in [5.41, 5.74) is 5.60. The molecule has 26 heavy (non-hydrogen) atoms. The lowest BCUT2D eigenvalue weighted by Gasteiger charge is -2.70. The fourth-order valence-electron chi connectivity index (χ4n) is 5.46. The quantitative estimate of drug-likeness (QED) is 0.755. The molecule has 2 N–H and O–H groups in total. The van der Waals surface area contributed by atoms with Crippen molar-refractivity contribution in [1.82, 2.24) is 9.80 Å². The van der Waals surface area contributed by atoms with Crippen LogP contribution in [0.1, 0.15) is 22.3 Å². The molecule has 2 aliphatic carbocycles. The largest absolute Gasteiger partial charge is 0.395 e. The van der Waals surface area contributed by atoms with E-state index in [1.165, 1.54) is 22.3 Å². The fraction of sp³-hybridized carbons (Fsp3) is 0.455. The molecule has 0 aliphatic heterocycles. The molecule has 0 heterocycles. The molecule has 138 valence electrons. The van der Waals surface area contributed by atoms with Gasteiger partial charge in [-0.25, -0.2) is 0 Å². The Morgan fingerprint density at radius 3 is 1.23 bits per heavy atom. The SMILES string of the molecule is CN(CCO)CC12c3ccccc3C1(CN(C)CCO)c1ccccc12. The van der Waals surface area contributed by atoms with E-state index in [1.807, 2.05) is 0 Å². The van der Waals surface area contributed by atoms with Gasteiger partial charge in [0.15, 0.2) is 0 Å². The minimum Gasteiger partial charge on any atom is -0.395 e. The van der Waals surface area contributed by atoms with Crippen LogP contribution in [0.3, 0.4) is 0 Å². The lowest BCUT2D eigenvalue weighted by Crippen LogP contribution is -2.74. The lowest BCUT2D eigenvalue weighted by molar-refractivity contribution is 0.0813. The number of aliphatic hydroxyl groups excluding tert-OH is 2. The predicted molar refractivity (Wildman–Crippen MR) is 104 cm³/mol. The Balaban J connectivity index is 1.84. The van der Waals surface area contributed by atoms with E-state index in [4.69, 9.17) is 0 Å². The third-order valence-electron chi connectivity index (χ3n) is 6.40. The second-order valence-electron chi connectivity index (χ2n) is 7.82. The van der Waals surface area contributed by atoms with Crippen molar-refractivity contribution < 1.29 is 10.2 Å². The third kappa shape index (κ3) is 2.10. The van der Waals surface area contributed by atoms with E-state index in [2.05, 4.69) is 72.4 Å². The van der Waals surface area contributed by atoms with E-state index in [0.717, 1.165) is 13.1 Å². The molecule has 0 fully saturated rings. The highest BCUT2D eigenvalue weighted by molar-refractivity contribution is 5.77. The predicted octanol–water partition coefficient (Wildman–Crippen LogP) is 1.43. The molecular weight excluding hydrogens is 324 g/mol. The standard InChI is InChI=1S/C22H28N2O2/c1-23(11-13-25)15-21-17-7-3-5-9-19(17)22(21,16-24(2)12-14-26)20-10-6-4-8-18(20)21/h3-10,25-26H,11-16H2,1-2H3. The van der Waals surface area contributed by atoms with Gasteiger partial charge in [-0.05, 0) is 36.3 Å². The van der Waals surface area contributed by atoms with Crippen molar-refractivity contribution in [2.24, 2.45) is 0 Å². The van der Waals surface area contributed by atoms with E-state index < -0.39 is 0 Å². The van der Waals surface area contributed by atoms with Crippen LogP contribution in [-0.4, -0.2) is 73.5 Å². The van der Waals surface area contributed by atoms with E-state index in [9.17, 15) is 10.2 Å². The van der Waals surface area contributed by atoms with Crippen LogP contribution in [0.2, 0.25) is 0 Å². The Kier molecular flexibility index (Phi) is 4.40. The average molecular weight is 352 g/mol. The van der Waals surface area contributed by atoms with Gasteiger partial charge >= 0.3 is 0 Å². The van der Waals surface area contributed by atoms with Crippen LogP contribution in [0.25, 0.3) is 0 Å². The molecule has 0 amide bonds. The Morgan fingerprint density at radius 2 is 0.962 bits per heavy atom. The van der Waals surface area contributed by atoms with Crippen LogP contribution in [-0.2, 0) is 10.8 Å². The molecule has 0 atom stereocenters. The molecular formula is C22H28N2O2. The van der Waals surface area contributed by atoms with Crippen molar-refractivity contribution >= 4 is 0 Å². The maximum atomic E-state index is 9.40. The summed E-state index contributed by atoms with van der Waals surface area (Å²) in [7, 11) is 4.18. The summed E-state index contributed by atoms with van der Waals surface area (Å²) < 4.78 is 0. The lowest BCUT2D eigenvalue weighted by atomic mass is 9.33. The summed E-state index contributed by atoms with van der Waals surface area (Å²) >= 11 is 0. The number of likely N-dealkylation sites (N-methyl/N-ethyl adjacent to an activating group) is 2. The maximum absolute atomic E-state index is 9.40. The van der Waals surface area contributed by atoms with Crippen molar-refractivity contribution in [3.8, 4) is 0 Å². The summed E-state index contributed by atoms with van der Waals surface area (Å²) in [5.74, 6) is 0. The monoisotopic (exact) mass is 352 g/mol. The summed E-state index contributed by atoms with van der Waals surface area (Å²) in [6, 6.07) is 17.6. The first-order chi connectivity index (χ1) is 12.6. The zero-order valence-electron chi connectivity index (χ0n) is 15.7. The number of benzene rings is 2. The molecule has 2 aromatic rings. The van der Waals surface area contributed by atoms with Crippen LogP contribution >= 0.6 is 0 Å². The topological polar surface area (TPSA) is 46.9 Å². The average Bonchev–Trinajstić information content (AvgIpc) is 2.64. The van der Waals surface area contributed by atoms with Crippen LogP contribution in [0.15, 0.2) is 48.5 Å². The first-order valence-corrected chi connectivity index (χ1v) is 9.40. The zero-order chi connectivity index (χ0) is 18.4. The molecule has 0 saturated carbocycles. The second kappa shape index (κ2) is 6.46. The highest BCUT2D eigenvalue weighted by atomic mass is 16.3. The van der Waals surface area contributed by atoms with E-state index in [1.54, 1.807) is 0 Å². The highest BCUT2D eigenvalue weighted by Gasteiger charge is 2.72. The molecule has 0 spiro atoms. The number of rotatable bonds is 8. The molecule has 0 radical (unpaired) electrons. The Labute approximate surface area is 155 Å². The third-order valence-corrected chi connectivity index (χ3v) is 6.40. The van der Waals surface area contributed by atoms with Crippen LogP contribution in [0.4, 0.5) is 0 Å². The Morgan fingerprint density at radius 1 is 0.654 bits per heavy atom. The van der Waals surface area contributed by atoms with Gasteiger partial charge in [-0.3, -0.25) is 0 Å². The van der Waals surface area contributed by atoms with E-state index >= 15 is 0 Å². The van der Waals surface area contributed by atoms with Crippen molar-refractivity contribution in [3.05, 3.63) is 70.8 Å². The number of hydrogen-bond acceptors (Lipinski definition) is 4. The van der Waals surface area contributed by atoms with Gasteiger partial charge < -0.3 is 20.0 Å². The van der Waals surface area contributed by atoms with Gasteiger partial charge in [0.25, 0.3) is 0 Å². The highest BCUT2D eigenvalue weighted by Crippen LogP contribution is 2.71. The normalized spacial score (nSPS) is 25.3. The van der Waals surface area contributed by atoms with Crippen molar-refractivity contribution in [2.45, 2.75) is 10.8 Å². The summed E-state index contributed by atoms with van der Waals surface area (Å²) in [5, 5.41) is 18.8. The smallest absolute Gasteiger partial charge is 0.0558 e. The van der Waals surface area contributed by atoms with Crippen molar-refractivity contribution in [3.63, 3.8) is 0 Å². The van der Waals surface area contributed by atoms with Gasteiger partial charge in [-0.1, -0.05) is 48.5 Å². The molecule has 4 heteroatoms. The number of aliphatic hydroxyl groups is 2. The molecule has 0 saturated heterocycles. The van der Waals surface area contributed by atoms with E-state index in [-0.39, 0.29) is 24.0 Å². The molecule has 4 rings (SSSR count). The molecule has 2 aromatic carbocycles.